The molecule has 0 spiro atoms. The van der Waals surface area contributed by atoms with Crippen LogP contribution in [-0.4, -0.2) is 6.10 Å². The summed E-state index contributed by atoms with van der Waals surface area (Å²) in [6.07, 6.45) is 0.354. The first-order valence-electron chi connectivity index (χ1n) is 4.50. The fraction of sp³-hybridized carbons (Fsp3) is 0.455. The molecule has 0 radical (unpaired) electrons. The number of benzene rings is 1. The molecule has 0 amide bonds. The molecule has 1 unspecified atom stereocenters. The van der Waals surface area contributed by atoms with Gasteiger partial charge in [0.2, 0.25) is 0 Å². The van der Waals surface area contributed by atoms with E-state index in [4.69, 9.17) is 16.3 Å². The third-order valence-corrected chi connectivity index (χ3v) is 2.03. The fourth-order valence-electron chi connectivity index (χ4n) is 1.25. The molecule has 1 atom stereocenters. The lowest BCUT2D eigenvalue weighted by molar-refractivity contribution is 0.0178. The highest BCUT2D eigenvalue weighted by atomic mass is 35.5. The van der Waals surface area contributed by atoms with Gasteiger partial charge in [-0.2, -0.15) is 0 Å². The van der Waals surface area contributed by atoms with Crippen LogP contribution in [0.5, 0.6) is 0 Å². The summed E-state index contributed by atoms with van der Waals surface area (Å²) >= 11 is 5.87. The van der Waals surface area contributed by atoms with Gasteiger partial charge in [0.1, 0.15) is 0 Å². The normalized spacial score (nSPS) is 13.3. The highest BCUT2D eigenvalue weighted by Gasteiger charge is 2.07. The summed E-state index contributed by atoms with van der Waals surface area (Å²) in [7, 11) is 0. The summed E-state index contributed by atoms with van der Waals surface area (Å²) in [5, 5.41) is 0.761. The van der Waals surface area contributed by atoms with Gasteiger partial charge in [0.15, 0.2) is 0 Å². The van der Waals surface area contributed by atoms with Crippen molar-refractivity contribution in [3.05, 3.63) is 34.9 Å². The van der Waals surface area contributed by atoms with Crippen LogP contribution in [0.3, 0.4) is 0 Å². The van der Waals surface area contributed by atoms with Crippen molar-refractivity contribution in [2.75, 3.05) is 0 Å². The van der Waals surface area contributed by atoms with Crippen LogP contribution >= 0.6 is 11.6 Å². The third-order valence-electron chi connectivity index (χ3n) is 1.79. The van der Waals surface area contributed by atoms with E-state index in [0.29, 0.717) is 0 Å². The summed E-state index contributed by atoms with van der Waals surface area (Å²) in [4.78, 5) is 0. The average Bonchev–Trinajstić information content (AvgIpc) is 2.03. The molecule has 0 saturated carbocycles. The highest BCUT2D eigenvalue weighted by molar-refractivity contribution is 6.30. The average molecular weight is 199 g/mol. The summed E-state index contributed by atoms with van der Waals surface area (Å²) in [6, 6.07) is 7.78. The predicted molar refractivity (Wildman–Crippen MR) is 56.1 cm³/mol. The molecule has 1 aromatic rings. The Labute approximate surface area is 84.7 Å². The molecule has 0 fully saturated rings. The molecule has 72 valence electrons. The molecule has 0 aliphatic rings. The van der Waals surface area contributed by atoms with Crippen molar-refractivity contribution in [2.24, 2.45) is 0 Å². The largest absolute Gasteiger partial charge is 0.371 e. The van der Waals surface area contributed by atoms with Crippen molar-refractivity contribution < 1.29 is 4.74 Å². The lowest BCUT2D eigenvalue weighted by Gasteiger charge is -2.16. The van der Waals surface area contributed by atoms with Crippen LogP contribution < -0.4 is 0 Å². The monoisotopic (exact) mass is 198 g/mol. The number of hydrogen-bond acceptors (Lipinski definition) is 1. The van der Waals surface area contributed by atoms with Gasteiger partial charge in [-0.05, 0) is 38.5 Å². The zero-order chi connectivity index (χ0) is 9.84. The Morgan fingerprint density at radius 1 is 1.23 bits per heavy atom. The maximum Gasteiger partial charge on any atom is 0.0800 e. The molecule has 1 rings (SSSR count). The van der Waals surface area contributed by atoms with Crippen molar-refractivity contribution in [2.45, 2.75) is 33.0 Å². The Morgan fingerprint density at radius 2 is 1.92 bits per heavy atom. The summed E-state index contributed by atoms with van der Waals surface area (Å²) in [6.45, 7) is 6.09. The summed E-state index contributed by atoms with van der Waals surface area (Å²) in [5.74, 6) is 0. The minimum Gasteiger partial charge on any atom is -0.371 e. The zero-order valence-electron chi connectivity index (χ0n) is 8.25. The summed E-state index contributed by atoms with van der Waals surface area (Å²) in [5.41, 5.74) is 1.13. The van der Waals surface area contributed by atoms with Gasteiger partial charge in [-0.15, -0.1) is 0 Å². The predicted octanol–water partition coefficient (Wildman–Crippen LogP) is 3.83. The summed E-state index contributed by atoms with van der Waals surface area (Å²) < 4.78 is 5.63. The van der Waals surface area contributed by atoms with Crippen LogP contribution in [0.2, 0.25) is 5.02 Å². The van der Waals surface area contributed by atoms with E-state index in [0.717, 1.165) is 10.6 Å². The third kappa shape index (κ3) is 3.37. The van der Waals surface area contributed by atoms with Crippen LogP contribution in [-0.2, 0) is 4.74 Å². The van der Waals surface area contributed by atoms with Gasteiger partial charge in [0, 0.05) is 5.02 Å². The Balaban J connectivity index is 2.71. The minimum atomic E-state index is 0.110. The van der Waals surface area contributed by atoms with Crippen molar-refractivity contribution >= 4 is 11.6 Å². The van der Waals surface area contributed by atoms with Crippen LogP contribution in [0.25, 0.3) is 0 Å². The molecule has 0 aliphatic heterocycles. The lowest BCUT2D eigenvalue weighted by atomic mass is 10.1. The topological polar surface area (TPSA) is 9.23 Å². The quantitative estimate of drug-likeness (QED) is 0.718. The van der Waals surface area contributed by atoms with Crippen LogP contribution in [0.1, 0.15) is 32.4 Å². The maximum absolute atomic E-state index is 5.87. The van der Waals surface area contributed by atoms with E-state index in [1.54, 1.807) is 0 Å². The van der Waals surface area contributed by atoms with Crippen LogP contribution in [0.15, 0.2) is 24.3 Å². The molecule has 0 heterocycles. The van der Waals surface area contributed by atoms with Crippen LogP contribution in [0.4, 0.5) is 0 Å². The van der Waals surface area contributed by atoms with Gasteiger partial charge >= 0.3 is 0 Å². The number of rotatable bonds is 3. The second-order valence-corrected chi connectivity index (χ2v) is 3.82. The van der Waals surface area contributed by atoms with Gasteiger partial charge in [0.05, 0.1) is 12.2 Å². The molecule has 13 heavy (non-hydrogen) atoms. The molecule has 0 aliphatic carbocycles. The van der Waals surface area contributed by atoms with E-state index in [-0.39, 0.29) is 12.2 Å². The minimum absolute atomic E-state index is 0.110. The van der Waals surface area contributed by atoms with Gasteiger partial charge < -0.3 is 4.74 Å². The SMILES string of the molecule is CC(C)OC(C)c1cccc(Cl)c1. The molecule has 1 aromatic carbocycles. The number of ether oxygens (including phenoxy) is 1. The van der Waals surface area contributed by atoms with Gasteiger partial charge in [-0.3, -0.25) is 0 Å². The molecule has 1 nitrogen and oxygen atoms in total. The van der Waals surface area contributed by atoms with E-state index in [2.05, 4.69) is 0 Å². The highest BCUT2D eigenvalue weighted by Crippen LogP contribution is 2.21. The second-order valence-electron chi connectivity index (χ2n) is 3.38. The first kappa shape index (κ1) is 10.6. The molecule has 0 bridgehead atoms. The molecule has 2 heteroatoms. The molecular formula is C11H15ClO. The fourth-order valence-corrected chi connectivity index (χ4v) is 1.44. The van der Waals surface area contributed by atoms with Crippen molar-refractivity contribution in [3.63, 3.8) is 0 Å². The Morgan fingerprint density at radius 3 is 2.46 bits per heavy atom. The van der Waals surface area contributed by atoms with Gasteiger partial charge in [-0.1, -0.05) is 23.7 Å². The molecule has 0 aromatic heterocycles. The zero-order valence-corrected chi connectivity index (χ0v) is 9.01. The van der Waals surface area contributed by atoms with E-state index >= 15 is 0 Å². The van der Waals surface area contributed by atoms with E-state index in [1.807, 2.05) is 45.0 Å². The Bertz CT molecular complexity index is 271. The Hall–Kier alpha value is -0.530. The smallest absolute Gasteiger partial charge is 0.0800 e. The molecular weight excluding hydrogens is 184 g/mol. The molecule has 0 N–H and O–H groups in total. The van der Waals surface area contributed by atoms with E-state index in [9.17, 15) is 0 Å². The van der Waals surface area contributed by atoms with Gasteiger partial charge in [-0.25, -0.2) is 0 Å². The van der Waals surface area contributed by atoms with Crippen molar-refractivity contribution in [3.8, 4) is 0 Å². The van der Waals surface area contributed by atoms with E-state index < -0.39 is 0 Å². The van der Waals surface area contributed by atoms with Crippen molar-refractivity contribution in [1.82, 2.24) is 0 Å². The van der Waals surface area contributed by atoms with Gasteiger partial charge in [0.25, 0.3) is 0 Å². The van der Waals surface area contributed by atoms with Crippen LogP contribution in [0, 0.1) is 0 Å². The maximum atomic E-state index is 5.87. The number of hydrogen-bond donors (Lipinski definition) is 0. The van der Waals surface area contributed by atoms with E-state index in [1.165, 1.54) is 0 Å². The Kier molecular flexibility index (Phi) is 3.76. The molecule has 0 saturated heterocycles. The lowest BCUT2D eigenvalue weighted by Crippen LogP contribution is -2.07. The second kappa shape index (κ2) is 4.64. The first-order chi connectivity index (χ1) is 6.09. The first-order valence-corrected chi connectivity index (χ1v) is 4.88. The van der Waals surface area contributed by atoms with Crippen molar-refractivity contribution in [1.29, 1.82) is 0 Å². The number of halogens is 1. The standard InChI is InChI=1S/C11H15ClO/c1-8(2)13-9(3)10-5-4-6-11(12)7-10/h4-9H,1-3H3.